The molecule has 0 aliphatic carbocycles. The lowest BCUT2D eigenvalue weighted by Gasteiger charge is -2.42. The third kappa shape index (κ3) is 6.28. The lowest BCUT2D eigenvalue weighted by Crippen LogP contribution is -2.45. The van der Waals surface area contributed by atoms with Gasteiger partial charge >= 0.3 is 0 Å². The molecule has 8 heteroatoms. The Labute approximate surface area is 236 Å². The van der Waals surface area contributed by atoms with Gasteiger partial charge in [0.2, 0.25) is 0 Å². The normalized spacial score (nSPS) is 23.3. The molecule has 3 heterocycles. The lowest BCUT2D eigenvalue weighted by atomic mass is 9.73. The van der Waals surface area contributed by atoms with Gasteiger partial charge < -0.3 is 15.0 Å². The van der Waals surface area contributed by atoms with E-state index in [1.807, 2.05) is 13.0 Å². The molecule has 2 fully saturated rings. The molecule has 1 unspecified atom stereocenters. The van der Waals surface area contributed by atoms with Crippen LogP contribution in [0.15, 0.2) is 30.3 Å². The summed E-state index contributed by atoms with van der Waals surface area (Å²) in [6.45, 7) is 7.55. The van der Waals surface area contributed by atoms with Crippen molar-refractivity contribution in [3.63, 3.8) is 0 Å². The van der Waals surface area contributed by atoms with Crippen LogP contribution < -0.4 is 15.0 Å². The number of piperidine rings is 1. The highest BCUT2D eigenvalue weighted by molar-refractivity contribution is 5.52. The average molecular weight is 562 g/mol. The second kappa shape index (κ2) is 12.7. The predicted molar refractivity (Wildman–Crippen MR) is 152 cm³/mol. The maximum Gasteiger partial charge on any atom is 0.251 e. The number of rotatable bonds is 8. The highest BCUT2D eigenvalue weighted by atomic mass is 19.3. The number of hydrogen-bond donors (Lipinski definition) is 1. The van der Waals surface area contributed by atoms with E-state index >= 15 is 8.78 Å². The summed E-state index contributed by atoms with van der Waals surface area (Å²) in [6, 6.07) is 7.08. The average Bonchev–Trinajstić information content (AvgIpc) is 3.12. The number of hydrogen-bond acceptors (Lipinski definition) is 4. The number of ether oxygens (including phenoxy) is 1. The van der Waals surface area contributed by atoms with Crippen LogP contribution in [0.25, 0.3) is 0 Å². The lowest BCUT2D eigenvalue weighted by molar-refractivity contribution is 0.0444. The van der Waals surface area contributed by atoms with Gasteiger partial charge in [-0.3, -0.25) is 4.90 Å². The molecule has 3 aliphatic heterocycles. The summed E-state index contributed by atoms with van der Waals surface area (Å²) < 4.78 is 65.3. The Hall–Kier alpha value is -2.32. The second-order valence-electron chi connectivity index (χ2n) is 12.0. The second-order valence-corrected chi connectivity index (χ2v) is 12.0. The molecule has 0 saturated carbocycles. The largest absolute Gasteiger partial charge is 0.494 e. The molecule has 40 heavy (non-hydrogen) atoms. The van der Waals surface area contributed by atoms with Crippen molar-refractivity contribution in [3.05, 3.63) is 58.7 Å². The van der Waals surface area contributed by atoms with E-state index in [9.17, 15) is 8.78 Å². The van der Waals surface area contributed by atoms with Gasteiger partial charge in [0.15, 0.2) is 0 Å². The van der Waals surface area contributed by atoms with Crippen molar-refractivity contribution in [2.24, 2.45) is 5.41 Å². The zero-order valence-corrected chi connectivity index (χ0v) is 23.8. The summed E-state index contributed by atoms with van der Waals surface area (Å²) in [4.78, 5) is 3.65. The van der Waals surface area contributed by atoms with Crippen molar-refractivity contribution in [2.45, 2.75) is 83.7 Å². The molecule has 1 N–H and O–H groups in total. The minimum atomic E-state index is -2.62. The van der Waals surface area contributed by atoms with Gasteiger partial charge in [-0.15, -0.1) is 0 Å². The fraction of sp³-hybridized carbons (Fsp3) is 0.625. The molecule has 220 valence electrons. The summed E-state index contributed by atoms with van der Waals surface area (Å²) >= 11 is 0. The Morgan fingerprint density at radius 1 is 1.02 bits per heavy atom. The topological polar surface area (TPSA) is 27.7 Å². The van der Waals surface area contributed by atoms with Crippen LogP contribution in [0, 0.1) is 17.0 Å². The summed E-state index contributed by atoms with van der Waals surface area (Å²) in [5.74, 6) is -0.656. The molecule has 0 bridgehead atoms. The highest BCUT2D eigenvalue weighted by Crippen LogP contribution is 2.44. The molecule has 2 aromatic rings. The van der Waals surface area contributed by atoms with Gasteiger partial charge in [-0.1, -0.05) is 19.4 Å². The molecule has 2 aromatic carbocycles. The van der Waals surface area contributed by atoms with E-state index in [1.54, 1.807) is 17.0 Å². The van der Waals surface area contributed by atoms with Crippen molar-refractivity contribution < 1.29 is 22.3 Å². The molecule has 0 amide bonds. The third-order valence-electron chi connectivity index (χ3n) is 9.35. The van der Waals surface area contributed by atoms with E-state index in [4.69, 9.17) is 4.74 Å². The number of alkyl halides is 2. The first-order valence-corrected chi connectivity index (χ1v) is 15.0. The van der Waals surface area contributed by atoms with E-state index in [2.05, 4.69) is 17.1 Å². The van der Waals surface area contributed by atoms with Crippen LogP contribution in [0.1, 0.15) is 81.5 Å². The molecule has 2 saturated heterocycles. The number of halogens is 4. The van der Waals surface area contributed by atoms with Crippen molar-refractivity contribution in [2.75, 3.05) is 44.2 Å². The molecular weight excluding hydrogens is 518 g/mol. The number of unbranched alkanes of at least 4 members (excludes halogenated alkanes) is 1. The van der Waals surface area contributed by atoms with Gasteiger partial charge in [0.05, 0.1) is 19.2 Å². The Morgan fingerprint density at radius 2 is 1.77 bits per heavy atom. The number of anilines is 1. The number of benzene rings is 2. The first-order chi connectivity index (χ1) is 19.3. The zero-order chi connectivity index (χ0) is 28.3. The van der Waals surface area contributed by atoms with Gasteiger partial charge in [-0.25, -0.2) is 17.6 Å². The Kier molecular flexibility index (Phi) is 9.25. The van der Waals surface area contributed by atoms with Gasteiger partial charge in [0.25, 0.3) is 6.43 Å². The minimum Gasteiger partial charge on any atom is -0.494 e. The molecule has 5 rings (SSSR count). The fourth-order valence-corrected chi connectivity index (χ4v) is 7.07. The van der Waals surface area contributed by atoms with Crippen LogP contribution in [-0.4, -0.2) is 56.7 Å². The quantitative estimate of drug-likeness (QED) is 0.275. The molecule has 2 atom stereocenters. The van der Waals surface area contributed by atoms with Crippen LogP contribution in [-0.2, 0) is 6.42 Å². The SMILES string of the molecule is CCCCOc1ccc2c(c1)C[C@@H](C)N(CC(F)F)C2c1c(F)cc(N2CCCC3(CCNCC3)CC2)cc1F. The number of fused-ring (bicyclic) bond motifs is 1. The van der Waals surface area contributed by atoms with Gasteiger partial charge in [0.1, 0.15) is 17.4 Å². The van der Waals surface area contributed by atoms with Crippen LogP contribution in [0.5, 0.6) is 5.75 Å². The van der Waals surface area contributed by atoms with E-state index in [-0.39, 0.29) is 11.6 Å². The summed E-state index contributed by atoms with van der Waals surface area (Å²) in [7, 11) is 0. The molecule has 0 aromatic heterocycles. The fourth-order valence-electron chi connectivity index (χ4n) is 7.07. The number of nitrogens with one attached hydrogen (secondary N) is 1. The van der Waals surface area contributed by atoms with Gasteiger partial charge in [0, 0.05) is 30.4 Å². The Morgan fingerprint density at radius 3 is 2.48 bits per heavy atom. The van der Waals surface area contributed by atoms with E-state index in [0.29, 0.717) is 35.4 Å². The number of nitrogens with zero attached hydrogens (tertiary/aromatic N) is 2. The van der Waals surface area contributed by atoms with Crippen molar-refractivity contribution in [1.82, 2.24) is 10.2 Å². The van der Waals surface area contributed by atoms with Crippen LogP contribution in [0.3, 0.4) is 0 Å². The molecule has 1 spiro atoms. The predicted octanol–water partition coefficient (Wildman–Crippen LogP) is 7.10. The van der Waals surface area contributed by atoms with Crippen LogP contribution in [0.4, 0.5) is 23.2 Å². The van der Waals surface area contributed by atoms with Crippen molar-refractivity contribution >= 4 is 5.69 Å². The van der Waals surface area contributed by atoms with E-state index < -0.39 is 30.6 Å². The van der Waals surface area contributed by atoms with Crippen LogP contribution in [0.2, 0.25) is 0 Å². The molecule has 0 radical (unpaired) electrons. The maximum absolute atomic E-state index is 16.0. The summed E-state index contributed by atoms with van der Waals surface area (Å²) in [5, 5.41) is 3.44. The first kappa shape index (κ1) is 29.2. The third-order valence-corrected chi connectivity index (χ3v) is 9.35. The molecular formula is C32H43F4N3O. The highest BCUT2D eigenvalue weighted by Gasteiger charge is 2.39. The standard InChI is InChI=1S/C32H43F4N3O/c1-3-4-16-40-25-6-7-26-23(18-25)17-22(2)39(21-29(35)36)31(26)30-27(33)19-24(20-28(30)34)38-14-5-8-32(11-15-38)9-12-37-13-10-32/h6-7,18-20,22,29,31,37H,3-5,8-17,21H2,1-2H3/t22-,31?/m1/s1. The molecule has 4 nitrogen and oxygen atoms in total. The summed E-state index contributed by atoms with van der Waals surface area (Å²) in [5.41, 5.74) is 2.25. The Balaban J connectivity index is 1.46. The van der Waals surface area contributed by atoms with Crippen LogP contribution >= 0.6 is 0 Å². The van der Waals surface area contributed by atoms with E-state index in [0.717, 1.165) is 76.7 Å². The van der Waals surface area contributed by atoms with Crippen molar-refractivity contribution in [3.8, 4) is 5.75 Å². The zero-order valence-electron chi connectivity index (χ0n) is 23.8. The minimum absolute atomic E-state index is 0.151. The smallest absolute Gasteiger partial charge is 0.251 e. The first-order valence-electron chi connectivity index (χ1n) is 15.0. The van der Waals surface area contributed by atoms with Crippen molar-refractivity contribution in [1.29, 1.82) is 0 Å². The van der Waals surface area contributed by atoms with Gasteiger partial charge in [-0.2, -0.15) is 0 Å². The Bertz CT molecular complexity index is 1130. The van der Waals surface area contributed by atoms with Gasteiger partial charge in [-0.05, 0) is 106 Å². The van der Waals surface area contributed by atoms with E-state index in [1.165, 1.54) is 12.1 Å². The summed E-state index contributed by atoms with van der Waals surface area (Å²) in [6.07, 6.45) is 5.26. The maximum atomic E-state index is 16.0. The molecule has 3 aliphatic rings. The monoisotopic (exact) mass is 561 g/mol.